The summed E-state index contributed by atoms with van der Waals surface area (Å²) in [4.78, 5) is 30.1. The molecule has 1 aromatic carbocycles. The van der Waals surface area contributed by atoms with Crippen LogP contribution < -0.4 is 5.32 Å². The number of aryl methyl sites for hydroxylation is 2. The molecule has 1 amide bonds. The molecule has 4 rings (SSSR count). The number of anilines is 1. The van der Waals surface area contributed by atoms with E-state index in [0.717, 1.165) is 29.0 Å². The number of carboxylic acid groups (broad SMARTS) is 1. The number of ether oxygens (including phenoxy) is 1. The number of nitrogens with zero attached hydrogens (tertiary/aromatic N) is 1. The number of thiazole rings is 1. The standard InChI is InChI=1S/C22H26N2O4S/c1-3-4-5-13-6-8-14(9-7-13)19-12(2)29-22(23-19)24-20(25)17-15-10-11-16(28-15)18(17)21(26)27/h6-9,15-18H,3-5,10-11H2,1-2H3,(H,26,27)(H,23,24,25)/t15-,16+,17+,18+/m1/s1. The number of hydrogen-bond acceptors (Lipinski definition) is 5. The molecule has 0 radical (unpaired) electrons. The summed E-state index contributed by atoms with van der Waals surface area (Å²) in [6.45, 7) is 4.17. The van der Waals surface area contributed by atoms with Crippen molar-refractivity contribution in [2.24, 2.45) is 11.8 Å². The van der Waals surface area contributed by atoms with Crippen molar-refractivity contribution in [3.8, 4) is 11.3 Å². The maximum Gasteiger partial charge on any atom is 0.310 e. The third kappa shape index (κ3) is 3.94. The quantitative estimate of drug-likeness (QED) is 0.706. The number of fused-ring (bicyclic) bond motifs is 2. The van der Waals surface area contributed by atoms with Crippen LogP contribution in [0.25, 0.3) is 11.3 Å². The summed E-state index contributed by atoms with van der Waals surface area (Å²) in [7, 11) is 0. The molecule has 2 bridgehead atoms. The van der Waals surface area contributed by atoms with Crippen LogP contribution in [0.5, 0.6) is 0 Å². The Morgan fingerprint density at radius 2 is 1.90 bits per heavy atom. The molecule has 2 aliphatic rings. The zero-order valence-electron chi connectivity index (χ0n) is 16.7. The molecular formula is C22H26N2O4S. The topological polar surface area (TPSA) is 88.5 Å². The summed E-state index contributed by atoms with van der Waals surface area (Å²) in [5.41, 5.74) is 3.19. The van der Waals surface area contributed by atoms with Gasteiger partial charge in [0.05, 0.1) is 29.7 Å². The lowest BCUT2D eigenvalue weighted by Crippen LogP contribution is -2.40. The summed E-state index contributed by atoms with van der Waals surface area (Å²) in [6, 6.07) is 8.41. The number of carboxylic acids is 1. The van der Waals surface area contributed by atoms with Crippen molar-refractivity contribution in [1.82, 2.24) is 4.98 Å². The Hall–Kier alpha value is -2.25. The Kier molecular flexibility index (Phi) is 5.69. The van der Waals surface area contributed by atoms with Crippen molar-refractivity contribution in [2.45, 2.75) is 58.2 Å². The Bertz CT molecular complexity index is 908. The predicted octanol–water partition coefficient (Wildman–Crippen LogP) is 4.28. The molecule has 2 saturated heterocycles. The number of hydrogen-bond donors (Lipinski definition) is 2. The largest absolute Gasteiger partial charge is 0.481 e. The SMILES string of the molecule is CCCCc1ccc(-c2nc(NC(=O)[C@@H]3[C@@H](C(=O)O)[C@@H]4CC[C@H]3O4)sc2C)cc1. The van der Waals surface area contributed by atoms with Crippen LogP contribution >= 0.6 is 11.3 Å². The van der Waals surface area contributed by atoms with E-state index in [1.54, 1.807) is 0 Å². The maximum atomic E-state index is 12.8. The lowest BCUT2D eigenvalue weighted by Gasteiger charge is -2.23. The van der Waals surface area contributed by atoms with Gasteiger partial charge in [0.1, 0.15) is 0 Å². The summed E-state index contributed by atoms with van der Waals surface area (Å²) in [6.07, 6.45) is 4.20. The highest BCUT2D eigenvalue weighted by Gasteiger charge is 2.55. The summed E-state index contributed by atoms with van der Waals surface area (Å²) in [5.74, 6) is -2.70. The summed E-state index contributed by atoms with van der Waals surface area (Å²) in [5, 5.41) is 12.9. The molecule has 6 nitrogen and oxygen atoms in total. The van der Waals surface area contributed by atoms with E-state index in [0.29, 0.717) is 11.6 Å². The number of benzene rings is 1. The van der Waals surface area contributed by atoms with E-state index in [-0.39, 0.29) is 18.1 Å². The number of carbonyl (C=O) groups is 2. The molecule has 0 spiro atoms. The van der Waals surface area contributed by atoms with E-state index in [2.05, 4.69) is 41.5 Å². The fourth-order valence-electron chi connectivity index (χ4n) is 4.44. The Balaban J connectivity index is 1.48. The van der Waals surface area contributed by atoms with Gasteiger partial charge in [-0.15, -0.1) is 11.3 Å². The first-order valence-corrected chi connectivity index (χ1v) is 11.1. The molecule has 2 fully saturated rings. The second kappa shape index (κ2) is 8.24. The second-order valence-corrected chi connectivity index (χ2v) is 9.10. The van der Waals surface area contributed by atoms with E-state index in [1.165, 1.54) is 29.7 Å². The number of carbonyl (C=O) groups excluding carboxylic acids is 1. The smallest absolute Gasteiger partial charge is 0.310 e. The third-order valence-electron chi connectivity index (χ3n) is 5.93. The van der Waals surface area contributed by atoms with Crippen molar-refractivity contribution in [2.75, 3.05) is 5.32 Å². The first-order chi connectivity index (χ1) is 14.0. The molecule has 0 unspecified atom stereocenters. The van der Waals surface area contributed by atoms with Crippen LogP contribution in [-0.2, 0) is 20.7 Å². The molecule has 154 valence electrons. The monoisotopic (exact) mass is 414 g/mol. The highest BCUT2D eigenvalue weighted by atomic mass is 32.1. The molecular weight excluding hydrogens is 388 g/mol. The van der Waals surface area contributed by atoms with Gasteiger partial charge < -0.3 is 15.2 Å². The molecule has 3 heterocycles. The van der Waals surface area contributed by atoms with Gasteiger partial charge in [0.25, 0.3) is 0 Å². The lowest BCUT2D eigenvalue weighted by molar-refractivity contribution is -0.147. The highest BCUT2D eigenvalue weighted by Crippen LogP contribution is 2.44. The highest BCUT2D eigenvalue weighted by molar-refractivity contribution is 7.16. The zero-order valence-corrected chi connectivity index (χ0v) is 17.5. The normalized spacial score (nSPS) is 25.3. The van der Waals surface area contributed by atoms with Crippen LogP contribution in [0.2, 0.25) is 0 Å². The van der Waals surface area contributed by atoms with Crippen molar-refractivity contribution >= 4 is 28.3 Å². The lowest BCUT2D eigenvalue weighted by atomic mass is 9.79. The number of nitrogens with one attached hydrogen (secondary N) is 1. The predicted molar refractivity (Wildman–Crippen MR) is 112 cm³/mol. The van der Waals surface area contributed by atoms with Gasteiger partial charge in [-0.25, -0.2) is 4.98 Å². The van der Waals surface area contributed by atoms with Gasteiger partial charge in [0.2, 0.25) is 5.91 Å². The number of unbranched alkanes of at least 4 members (excludes halogenated alkanes) is 1. The Labute approximate surface area is 174 Å². The first kappa shape index (κ1) is 20.0. The summed E-state index contributed by atoms with van der Waals surface area (Å²) < 4.78 is 5.70. The van der Waals surface area contributed by atoms with Crippen molar-refractivity contribution in [3.63, 3.8) is 0 Å². The van der Waals surface area contributed by atoms with Crippen LogP contribution in [-0.4, -0.2) is 34.2 Å². The van der Waals surface area contributed by atoms with E-state index in [9.17, 15) is 14.7 Å². The van der Waals surface area contributed by atoms with Crippen molar-refractivity contribution in [3.05, 3.63) is 34.7 Å². The molecule has 7 heteroatoms. The minimum absolute atomic E-state index is 0.306. The van der Waals surface area contributed by atoms with Gasteiger partial charge in [-0.2, -0.15) is 0 Å². The minimum atomic E-state index is -0.962. The van der Waals surface area contributed by atoms with Crippen LogP contribution in [0.3, 0.4) is 0 Å². The van der Waals surface area contributed by atoms with Gasteiger partial charge in [0, 0.05) is 10.4 Å². The molecule has 2 N–H and O–H groups in total. The fraction of sp³-hybridized carbons (Fsp3) is 0.500. The van der Waals surface area contributed by atoms with Crippen LogP contribution in [0.1, 0.15) is 43.0 Å². The van der Waals surface area contributed by atoms with Gasteiger partial charge in [-0.05, 0) is 38.2 Å². The average Bonchev–Trinajstić information content (AvgIpc) is 3.41. The molecule has 29 heavy (non-hydrogen) atoms. The average molecular weight is 415 g/mol. The first-order valence-electron chi connectivity index (χ1n) is 10.2. The van der Waals surface area contributed by atoms with E-state index in [1.807, 2.05) is 6.92 Å². The van der Waals surface area contributed by atoms with E-state index in [4.69, 9.17) is 4.74 Å². The number of aliphatic carboxylic acids is 1. The molecule has 0 aliphatic carbocycles. The Morgan fingerprint density at radius 3 is 2.55 bits per heavy atom. The van der Waals surface area contributed by atoms with Crippen LogP contribution in [0.4, 0.5) is 5.13 Å². The molecule has 0 saturated carbocycles. The second-order valence-electron chi connectivity index (χ2n) is 7.89. The molecule has 2 aliphatic heterocycles. The maximum absolute atomic E-state index is 12.8. The molecule has 4 atom stereocenters. The van der Waals surface area contributed by atoms with Gasteiger partial charge in [-0.3, -0.25) is 9.59 Å². The van der Waals surface area contributed by atoms with Crippen molar-refractivity contribution < 1.29 is 19.4 Å². The van der Waals surface area contributed by atoms with Crippen LogP contribution in [0.15, 0.2) is 24.3 Å². The fourth-order valence-corrected chi connectivity index (χ4v) is 5.28. The zero-order chi connectivity index (χ0) is 20.5. The number of aromatic nitrogens is 1. The van der Waals surface area contributed by atoms with Crippen molar-refractivity contribution in [1.29, 1.82) is 0 Å². The van der Waals surface area contributed by atoms with E-state index < -0.39 is 17.8 Å². The van der Waals surface area contributed by atoms with Gasteiger partial charge >= 0.3 is 5.97 Å². The molecule has 1 aromatic heterocycles. The number of amides is 1. The summed E-state index contributed by atoms with van der Waals surface area (Å²) >= 11 is 1.41. The Morgan fingerprint density at radius 1 is 1.21 bits per heavy atom. The minimum Gasteiger partial charge on any atom is -0.481 e. The third-order valence-corrected chi connectivity index (χ3v) is 6.82. The number of rotatable bonds is 7. The van der Waals surface area contributed by atoms with Gasteiger partial charge in [0.15, 0.2) is 5.13 Å². The molecule has 2 aromatic rings. The van der Waals surface area contributed by atoms with E-state index >= 15 is 0 Å². The van der Waals surface area contributed by atoms with Crippen LogP contribution in [0, 0.1) is 18.8 Å². The van der Waals surface area contributed by atoms with Gasteiger partial charge in [-0.1, -0.05) is 37.6 Å².